The van der Waals surface area contributed by atoms with Crippen LogP contribution in [-0.2, 0) is 0 Å². The van der Waals surface area contributed by atoms with Gasteiger partial charge in [-0.1, -0.05) is 19.8 Å². The number of rotatable bonds is 0. The zero-order valence-electron chi connectivity index (χ0n) is 9.29. The largest absolute Gasteiger partial charge is 0.370 e. The summed E-state index contributed by atoms with van der Waals surface area (Å²) in [5.41, 5.74) is 6.12. The summed E-state index contributed by atoms with van der Waals surface area (Å²) < 4.78 is 0. The third-order valence-corrected chi connectivity index (χ3v) is 4.03. The van der Waals surface area contributed by atoms with E-state index in [-0.39, 0.29) is 5.54 Å². The van der Waals surface area contributed by atoms with Gasteiger partial charge in [0.05, 0.1) is 12.1 Å². The predicted molar refractivity (Wildman–Crippen MR) is 59.2 cm³/mol. The highest BCUT2D eigenvalue weighted by atomic mass is 15.3. The van der Waals surface area contributed by atoms with Crippen LogP contribution in [0.5, 0.6) is 0 Å². The summed E-state index contributed by atoms with van der Waals surface area (Å²) in [6.45, 7) is 3.28. The van der Waals surface area contributed by atoms with Crippen LogP contribution < -0.4 is 5.73 Å². The van der Waals surface area contributed by atoms with Gasteiger partial charge in [0.1, 0.15) is 0 Å². The fourth-order valence-electron chi connectivity index (χ4n) is 2.74. The highest BCUT2D eigenvalue weighted by Crippen LogP contribution is 2.36. The molecule has 2 atom stereocenters. The minimum atomic E-state index is 0.273. The van der Waals surface area contributed by atoms with Crippen molar-refractivity contribution >= 4 is 5.96 Å². The number of aliphatic imine (C=N–C) groups is 1. The van der Waals surface area contributed by atoms with Crippen LogP contribution in [0.4, 0.5) is 0 Å². The van der Waals surface area contributed by atoms with Gasteiger partial charge in [-0.25, -0.2) is 0 Å². The maximum atomic E-state index is 5.85. The SMILES string of the molecule is CC1CCCC2(CC1)CN=C(N)N2C. The summed E-state index contributed by atoms with van der Waals surface area (Å²) in [5.74, 6) is 1.61. The summed E-state index contributed by atoms with van der Waals surface area (Å²) in [6, 6.07) is 0. The van der Waals surface area contributed by atoms with Crippen LogP contribution in [0.25, 0.3) is 0 Å². The summed E-state index contributed by atoms with van der Waals surface area (Å²) in [5, 5.41) is 0. The molecule has 2 N–H and O–H groups in total. The lowest BCUT2D eigenvalue weighted by Crippen LogP contribution is -2.48. The number of nitrogens with zero attached hydrogens (tertiary/aromatic N) is 2. The fourth-order valence-corrected chi connectivity index (χ4v) is 2.74. The van der Waals surface area contributed by atoms with Crippen LogP contribution in [0, 0.1) is 5.92 Å². The van der Waals surface area contributed by atoms with Gasteiger partial charge in [-0.15, -0.1) is 0 Å². The fraction of sp³-hybridized carbons (Fsp3) is 0.909. The van der Waals surface area contributed by atoms with E-state index in [1.165, 1.54) is 32.1 Å². The molecule has 3 heteroatoms. The first-order chi connectivity index (χ1) is 6.64. The first-order valence-corrected chi connectivity index (χ1v) is 5.68. The molecule has 14 heavy (non-hydrogen) atoms. The Kier molecular flexibility index (Phi) is 2.41. The van der Waals surface area contributed by atoms with Crippen LogP contribution in [0.1, 0.15) is 39.0 Å². The van der Waals surface area contributed by atoms with Crippen molar-refractivity contribution in [3.63, 3.8) is 0 Å². The van der Waals surface area contributed by atoms with Crippen molar-refractivity contribution < 1.29 is 0 Å². The highest BCUT2D eigenvalue weighted by molar-refractivity contribution is 5.80. The van der Waals surface area contributed by atoms with Crippen LogP contribution >= 0.6 is 0 Å². The zero-order chi connectivity index (χ0) is 10.2. The Morgan fingerprint density at radius 2 is 2.21 bits per heavy atom. The van der Waals surface area contributed by atoms with Crippen molar-refractivity contribution in [2.24, 2.45) is 16.6 Å². The monoisotopic (exact) mass is 195 g/mol. The first kappa shape index (κ1) is 9.81. The Balaban J connectivity index is 2.10. The number of guanidine groups is 1. The first-order valence-electron chi connectivity index (χ1n) is 5.68. The summed E-state index contributed by atoms with van der Waals surface area (Å²) in [7, 11) is 2.10. The molecule has 0 saturated heterocycles. The van der Waals surface area contributed by atoms with E-state index in [0.29, 0.717) is 0 Å². The van der Waals surface area contributed by atoms with E-state index in [0.717, 1.165) is 18.4 Å². The molecule has 2 rings (SSSR count). The van der Waals surface area contributed by atoms with Crippen molar-refractivity contribution in [3.8, 4) is 0 Å². The van der Waals surface area contributed by atoms with E-state index in [4.69, 9.17) is 5.73 Å². The van der Waals surface area contributed by atoms with Gasteiger partial charge in [-0.3, -0.25) is 4.99 Å². The average Bonchev–Trinajstić information content (AvgIpc) is 2.38. The molecule has 0 bridgehead atoms. The van der Waals surface area contributed by atoms with Gasteiger partial charge in [-0.2, -0.15) is 0 Å². The van der Waals surface area contributed by atoms with Gasteiger partial charge >= 0.3 is 0 Å². The molecule has 2 unspecified atom stereocenters. The standard InChI is InChI=1S/C11H21N3/c1-9-4-3-6-11(7-5-9)8-13-10(12)14(11)2/h9H,3-8H2,1-2H3,(H2,12,13). The Morgan fingerprint density at radius 3 is 2.86 bits per heavy atom. The van der Waals surface area contributed by atoms with E-state index in [9.17, 15) is 0 Å². The highest BCUT2D eigenvalue weighted by Gasteiger charge is 2.40. The van der Waals surface area contributed by atoms with Crippen molar-refractivity contribution in [2.75, 3.05) is 13.6 Å². The minimum Gasteiger partial charge on any atom is -0.370 e. The molecule has 1 heterocycles. The molecule has 1 saturated carbocycles. The van der Waals surface area contributed by atoms with Gasteiger partial charge in [0, 0.05) is 7.05 Å². The molecule has 0 aromatic heterocycles. The van der Waals surface area contributed by atoms with E-state index >= 15 is 0 Å². The molecular weight excluding hydrogens is 174 g/mol. The quantitative estimate of drug-likeness (QED) is 0.637. The lowest BCUT2D eigenvalue weighted by atomic mass is 9.89. The van der Waals surface area contributed by atoms with Gasteiger partial charge in [0.25, 0.3) is 0 Å². The molecule has 80 valence electrons. The Hall–Kier alpha value is -0.730. The predicted octanol–water partition coefficient (Wildman–Crippen LogP) is 1.59. The Labute approximate surface area is 86.4 Å². The second kappa shape index (κ2) is 3.44. The summed E-state index contributed by atoms with van der Waals surface area (Å²) in [4.78, 5) is 6.59. The van der Waals surface area contributed by atoms with E-state index < -0.39 is 0 Å². The van der Waals surface area contributed by atoms with Crippen LogP contribution in [-0.4, -0.2) is 30.0 Å². The number of hydrogen-bond donors (Lipinski definition) is 1. The Morgan fingerprint density at radius 1 is 1.43 bits per heavy atom. The molecule has 0 radical (unpaired) electrons. The summed E-state index contributed by atoms with van der Waals surface area (Å²) in [6.07, 6.45) is 6.55. The number of nitrogens with two attached hydrogens (primary N) is 1. The second-order valence-corrected chi connectivity index (χ2v) is 4.99. The summed E-state index contributed by atoms with van der Waals surface area (Å²) >= 11 is 0. The molecular formula is C11H21N3. The molecule has 0 aromatic carbocycles. The topological polar surface area (TPSA) is 41.6 Å². The van der Waals surface area contributed by atoms with Crippen LogP contribution in [0.15, 0.2) is 4.99 Å². The van der Waals surface area contributed by atoms with Crippen molar-refractivity contribution in [3.05, 3.63) is 0 Å². The third kappa shape index (κ3) is 1.49. The molecule has 0 aromatic rings. The second-order valence-electron chi connectivity index (χ2n) is 4.99. The lowest BCUT2D eigenvalue weighted by Gasteiger charge is -2.36. The molecule has 0 amide bonds. The normalized spacial score (nSPS) is 38.6. The van der Waals surface area contributed by atoms with Crippen molar-refractivity contribution in [2.45, 2.75) is 44.6 Å². The zero-order valence-corrected chi connectivity index (χ0v) is 9.29. The van der Waals surface area contributed by atoms with Gasteiger partial charge in [0.15, 0.2) is 5.96 Å². The van der Waals surface area contributed by atoms with Gasteiger partial charge in [0.2, 0.25) is 0 Å². The third-order valence-electron chi connectivity index (χ3n) is 4.03. The molecule has 1 aliphatic carbocycles. The van der Waals surface area contributed by atoms with Gasteiger partial charge < -0.3 is 10.6 Å². The average molecular weight is 195 g/mol. The Bertz CT molecular complexity index is 249. The van der Waals surface area contributed by atoms with Crippen molar-refractivity contribution in [1.82, 2.24) is 4.90 Å². The number of hydrogen-bond acceptors (Lipinski definition) is 3. The van der Waals surface area contributed by atoms with E-state index in [2.05, 4.69) is 23.9 Å². The molecule has 1 fully saturated rings. The smallest absolute Gasteiger partial charge is 0.191 e. The maximum absolute atomic E-state index is 5.85. The molecule has 3 nitrogen and oxygen atoms in total. The molecule has 1 spiro atoms. The molecule has 1 aliphatic heterocycles. The van der Waals surface area contributed by atoms with Gasteiger partial charge in [-0.05, 0) is 25.2 Å². The van der Waals surface area contributed by atoms with Crippen LogP contribution in [0.2, 0.25) is 0 Å². The lowest BCUT2D eigenvalue weighted by molar-refractivity contribution is 0.204. The number of likely N-dealkylation sites (N-methyl/N-ethyl adjacent to an activating group) is 1. The maximum Gasteiger partial charge on any atom is 0.191 e. The van der Waals surface area contributed by atoms with E-state index in [1.807, 2.05) is 0 Å². The molecule has 2 aliphatic rings. The van der Waals surface area contributed by atoms with E-state index in [1.54, 1.807) is 0 Å². The minimum absolute atomic E-state index is 0.273. The van der Waals surface area contributed by atoms with Crippen LogP contribution in [0.3, 0.4) is 0 Å². The van der Waals surface area contributed by atoms with Crippen molar-refractivity contribution in [1.29, 1.82) is 0 Å².